The second kappa shape index (κ2) is 16.3. The minimum absolute atomic E-state index is 0.151. The van der Waals surface area contributed by atoms with Crippen molar-refractivity contribution in [3.63, 3.8) is 0 Å². The van der Waals surface area contributed by atoms with Gasteiger partial charge in [0.05, 0.1) is 19.3 Å². The van der Waals surface area contributed by atoms with Gasteiger partial charge in [0.25, 0.3) is 0 Å². The first-order valence-corrected chi connectivity index (χ1v) is 8.08. The summed E-state index contributed by atoms with van der Waals surface area (Å²) >= 11 is 0. The highest BCUT2D eigenvalue weighted by Crippen LogP contribution is 2.10. The molecule has 0 saturated heterocycles. The lowest BCUT2D eigenvalue weighted by Crippen LogP contribution is -2.17. The van der Waals surface area contributed by atoms with Crippen LogP contribution in [0.4, 0.5) is 0 Å². The van der Waals surface area contributed by atoms with Crippen LogP contribution in [0.3, 0.4) is 0 Å². The smallest absolute Gasteiger partial charge is 0.0838 e. The fraction of sp³-hybridized carbons (Fsp3) is 1.00. The zero-order valence-electron chi connectivity index (χ0n) is 13.0. The van der Waals surface area contributed by atoms with Crippen LogP contribution in [-0.2, 0) is 4.74 Å². The zero-order chi connectivity index (χ0) is 14.9. The third-order valence-electron chi connectivity index (χ3n) is 3.38. The number of aliphatic hydroxyl groups is 1. The van der Waals surface area contributed by atoms with Gasteiger partial charge in [-0.25, -0.2) is 0 Å². The van der Waals surface area contributed by atoms with Crippen LogP contribution in [0.5, 0.6) is 0 Å². The third-order valence-corrected chi connectivity index (χ3v) is 3.38. The van der Waals surface area contributed by atoms with Crippen molar-refractivity contribution in [3.8, 4) is 0 Å². The number of aliphatic hydroxyl groups excluding tert-OH is 1. The Bertz CT molecular complexity index is 243. The number of ether oxygens (including phenoxy) is 1. The molecule has 0 rings (SSSR count). The van der Waals surface area contributed by atoms with E-state index < -0.39 is 6.04 Å². The molecule has 0 aliphatic rings. The fourth-order valence-corrected chi connectivity index (χ4v) is 2.11. The molecule has 0 aliphatic carbocycles. The molecule has 0 aliphatic heterocycles. The fourth-order valence-electron chi connectivity index (χ4n) is 2.11. The van der Waals surface area contributed by atoms with Crippen molar-refractivity contribution in [1.82, 2.24) is 0 Å². The van der Waals surface area contributed by atoms with Crippen LogP contribution < -0.4 is 0 Å². The van der Waals surface area contributed by atoms with Gasteiger partial charge >= 0.3 is 0 Å². The first-order chi connectivity index (χ1) is 9.85. The average Bonchev–Trinajstić information content (AvgIpc) is 2.47. The van der Waals surface area contributed by atoms with E-state index in [4.69, 9.17) is 15.4 Å². The number of rotatable bonds is 15. The number of nitrogens with zero attached hydrogens (tertiary/aromatic N) is 3. The Morgan fingerprint density at radius 2 is 1.55 bits per heavy atom. The highest BCUT2D eigenvalue weighted by atomic mass is 16.5. The van der Waals surface area contributed by atoms with Crippen LogP contribution in [0.25, 0.3) is 10.4 Å². The average molecular weight is 285 g/mol. The van der Waals surface area contributed by atoms with Crippen molar-refractivity contribution < 1.29 is 9.84 Å². The molecule has 0 unspecified atom stereocenters. The van der Waals surface area contributed by atoms with Crippen LogP contribution >= 0.6 is 0 Å². The minimum atomic E-state index is -0.442. The lowest BCUT2D eigenvalue weighted by atomic mass is 10.1. The summed E-state index contributed by atoms with van der Waals surface area (Å²) in [4.78, 5) is 2.67. The van der Waals surface area contributed by atoms with Crippen LogP contribution in [-0.4, -0.2) is 31.0 Å². The Morgan fingerprint density at radius 1 is 1.00 bits per heavy atom. The van der Waals surface area contributed by atoms with E-state index in [1.807, 2.05) is 0 Å². The van der Waals surface area contributed by atoms with E-state index in [1.54, 1.807) is 0 Å². The molecule has 0 aromatic rings. The standard InChI is InChI=1S/C15H31N3O2/c1-2-3-4-5-6-7-8-9-10-11-12-20-14-15(13-19)17-18-16/h15,19H,2-14H2,1H3/t15-/m0/s1. The van der Waals surface area contributed by atoms with Crippen molar-refractivity contribution in [2.45, 2.75) is 77.2 Å². The van der Waals surface area contributed by atoms with E-state index >= 15 is 0 Å². The van der Waals surface area contributed by atoms with E-state index in [1.165, 1.54) is 57.8 Å². The predicted octanol–water partition coefficient (Wildman–Crippen LogP) is 4.60. The molecular formula is C15H31N3O2. The van der Waals surface area contributed by atoms with Crippen LogP contribution in [0.2, 0.25) is 0 Å². The van der Waals surface area contributed by atoms with Gasteiger partial charge in [0.1, 0.15) is 0 Å². The first-order valence-electron chi connectivity index (χ1n) is 8.08. The summed E-state index contributed by atoms with van der Waals surface area (Å²) in [5, 5.41) is 12.3. The lowest BCUT2D eigenvalue weighted by Gasteiger charge is -2.08. The van der Waals surface area contributed by atoms with Crippen molar-refractivity contribution in [3.05, 3.63) is 10.4 Å². The normalized spacial score (nSPS) is 12.1. The van der Waals surface area contributed by atoms with Crippen molar-refractivity contribution in [1.29, 1.82) is 0 Å². The highest BCUT2D eigenvalue weighted by Gasteiger charge is 2.03. The Balaban J connectivity index is 3.14. The first kappa shape index (κ1) is 19.2. The third kappa shape index (κ3) is 13.7. The van der Waals surface area contributed by atoms with Crippen molar-refractivity contribution in [2.24, 2.45) is 5.11 Å². The summed E-state index contributed by atoms with van der Waals surface area (Å²) in [5.41, 5.74) is 8.25. The largest absolute Gasteiger partial charge is 0.396 e. The molecule has 5 nitrogen and oxygen atoms in total. The summed E-state index contributed by atoms with van der Waals surface area (Å²) in [6.07, 6.45) is 13.0. The van der Waals surface area contributed by atoms with Gasteiger partial charge in [-0.3, -0.25) is 0 Å². The number of unbranched alkanes of at least 4 members (excludes halogenated alkanes) is 9. The molecule has 0 aromatic carbocycles. The summed E-state index contributed by atoms with van der Waals surface area (Å²) in [6, 6.07) is -0.442. The molecular weight excluding hydrogens is 254 g/mol. The SMILES string of the molecule is CCCCCCCCCCCCOC[C@H](CO)N=[N+]=[N-]. The molecule has 0 bridgehead atoms. The summed E-state index contributed by atoms with van der Waals surface area (Å²) in [7, 11) is 0. The molecule has 0 saturated carbocycles. The van der Waals surface area contributed by atoms with E-state index in [2.05, 4.69) is 16.9 Å². The Labute approximate surface area is 123 Å². The summed E-state index contributed by atoms with van der Waals surface area (Å²) < 4.78 is 5.39. The quantitative estimate of drug-likeness (QED) is 0.207. The van der Waals surface area contributed by atoms with Crippen LogP contribution in [0, 0.1) is 0 Å². The maximum atomic E-state index is 8.89. The van der Waals surface area contributed by atoms with Crippen molar-refractivity contribution >= 4 is 0 Å². The molecule has 1 atom stereocenters. The number of azide groups is 1. The zero-order valence-corrected chi connectivity index (χ0v) is 13.0. The van der Waals surface area contributed by atoms with Gasteiger partial charge < -0.3 is 9.84 Å². The molecule has 0 fully saturated rings. The molecule has 118 valence electrons. The molecule has 5 heteroatoms. The molecule has 0 amide bonds. The second-order valence-electron chi connectivity index (χ2n) is 5.30. The van der Waals surface area contributed by atoms with Gasteiger partial charge in [0, 0.05) is 11.5 Å². The molecule has 0 aromatic heterocycles. The topological polar surface area (TPSA) is 78.2 Å². The summed E-state index contributed by atoms with van der Waals surface area (Å²) in [6.45, 7) is 3.10. The predicted molar refractivity (Wildman–Crippen MR) is 82.7 cm³/mol. The molecule has 0 spiro atoms. The van der Waals surface area contributed by atoms with Gasteiger partial charge in [-0.2, -0.15) is 0 Å². The Hall–Kier alpha value is -0.770. The lowest BCUT2D eigenvalue weighted by molar-refractivity contribution is 0.0981. The maximum Gasteiger partial charge on any atom is 0.0838 e. The maximum absolute atomic E-state index is 8.89. The van der Waals surface area contributed by atoms with Crippen molar-refractivity contribution in [2.75, 3.05) is 19.8 Å². The highest BCUT2D eigenvalue weighted by molar-refractivity contribution is 4.63. The van der Waals surface area contributed by atoms with Crippen LogP contribution in [0.1, 0.15) is 71.1 Å². The molecule has 1 N–H and O–H groups in total. The van der Waals surface area contributed by atoms with E-state index in [0.717, 1.165) is 6.42 Å². The van der Waals surface area contributed by atoms with Gasteiger partial charge in [0.2, 0.25) is 0 Å². The van der Waals surface area contributed by atoms with Gasteiger partial charge in [-0.05, 0) is 12.0 Å². The monoisotopic (exact) mass is 285 g/mol. The summed E-state index contributed by atoms with van der Waals surface area (Å²) in [5.74, 6) is 0. The molecule has 0 radical (unpaired) electrons. The van der Waals surface area contributed by atoms with E-state index in [-0.39, 0.29) is 6.61 Å². The Morgan fingerprint density at radius 3 is 2.05 bits per heavy atom. The number of hydrogen-bond donors (Lipinski definition) is 1. The number of hydrogen-bond acceptors (Lipinski definition) is 3. The minimum Gasteiger partial charge on any atom is -0.396 e. The van der Waals surface area contributed by atoms with Gasteiger partial charge in [-0.15, -0.1) is 0 Å². The second-order valence-corrected chi connectivity index (χ2v) is 5.30. The van der Waals surface area contributed by atoms with Crippen LogP contribution in [0.15, 0.2) is 5.11 Å². The van der Waals surface area contributed by atoms with E-state index in [9.17, 15) is 0 Å². The van der Waals surface area contributed by atoms with Gasteiger partial charge in [0.15, 0.2) is 0 Å². The van der Waals surface area contributed by atoms with Gasteiger partial charge in [-0.1, -0.05) is 69.8 Å². The molecule has 20 heavy (non-hydrogen) atoms. The van der Waals surface area contributed by atoms with E-state index in [0.29, 0.717) is 13.2 Å². The Kier molecular flexibility index (Phi) is 15.7. The molecule has 0 heterocycles.